The number of benzene rings is 1. The average molecular weight is 512 g/mol. The fourth-order valence-electron chi connectivity index (χ4n) is 5.53. The van der Waals surface area contributed by atoms with Crippen molar-refractivity contribution in [2.24, 2.45) is 11.8 Å². The summed E-state index contributed by atoms with van der Waals surface area (Å²) in [6, 6.07) is 9.16. The van der Waals surface area contributed by atoms with Crippen LogP contribution in [0, 0.1) is 23.2 Å². The van der Waals surface area contributed by atoms with E-state index in [1.54, 1.807) is 0 Å². The van der Waals surface area contributed by atoms with Gasteiger partial charge in [0.15, 0.2) is 0 Å². The van der Waals surface area contributed by atoms with E-state index in [1.165, 1.54) is 0 Å². The van der Waals surface area contributed by atoms with Crippen LogP contribution in [0.4, 0.5) is 0 Å². The quantitative estimate of drug-likeness (QED) is 0.566. The number of halogens is 1. The minimum Gasteiger partial charge on any atom is -0.379 e. The summed E-state index contributed by atoms with van der Waals surface area (Å²) in [5.74, 6) is -0.339. The van der Waals surface area contributed by atoms with Gasteiger partial charge in [-0.1, -0.05) is 30.5 Å². The lowest BCUT2D eigenvalue weighted by Crippen LogP contribution is -2.50. The Morgan fingerprint density at radius 2 is 1.89 bits per heavy atom. The fraction of sp³-hybridized carbons (Fsp3) is 0.593. The number of aromatic nitrogens is 1. The van der Waals surface area contributed by atoms with Gasteiger partial charge in [0, 0.05) is 42.6 Å². The van der Waals surface area contributed by atoms with Crippen molar-refractivity contribution in [3.8, 4) is 6.07 Å². The van der Waals surface area contributed by atoms with Gasteiger partial charge in [0.2, 0.25) is 5.91 Å². The number of amides is 2. The van der Waals surface area contributed by atoms with Crippen LogP contribution in [0.15, 0.2) is 24.3 Å². The molecule has 5 rings (SSSR count). The minimum absolute atomic E-state index is 0.113. The number of nitriles is 1. The van der Waals surface area contributed by atoms with E-state index < -0.39 is 6.04 Å². The zero-order valence-corrected chi connectivity index (χ0v) is 21.3. The topological polar surface area (TPSA) is 99.4 Å². The number of ether oxygens (including phenoxy) is 1. The predicted octanol–water partition coefficient (Wildman–Crippen LogP) is 3.33. The van der Waals surface area contributed by atoms with E-state index in [4.69, 9.17) is 16.3 Å². The van der Waals surface area contributed by atoms with Crippen molar-refractivity contribution in [1.29, 1.82) is 5.26 Å². The number of carbonyl (C=O) groups excluding carboxylic acids is 2. The molecule has 3 atom stereocenters. The van der Waals surface area contributed by atoms with Crippen LogP contribution < -0.4 is 10.6 Å². The molecule has 2 saturated carbocycles. The molecule has 2 aliphatic carbocycles. The van der Waals surface area contributed by atoms with E-state index in [0.717, 1.165) is 82.3 Å². The Bertz CT molecular complexity index is 1150. The molecular formula is C27H34ClN5O3. The molecule has 1 saturated heterocycles. The molecule has 192 valence electrons. The third-order valence-electron chi connectivity index (χ3n) is 7.79. The zero-order chi connectivity index (χ0) is 25.1. The summed E-state index contributed by atoms with van der Waals surface area (Å²) in [6.45, 7) is 4.68. The summed E-state index contributed by atoms with van der Waals surface area (Å²) in [7, 11) is 0. The highest BCUT2D eigenvalue weighted by Crippen LogP contribution is 2.33. The smallest absolute Gasteiger partial charge is 0.268 e. The Morgan fingerprint density at radius 1 is 1.11 bits per heavy atom. The number of morpholine rings is 1. The standard InChI is InChI=1S/C27H34ClN5O3/c28-20-8-7-19-15-25(33(24(19)16-20)10-9-32-11-13-36-14-12-32)27(35)30-22-4-2-1-3-21(22)26(34)31-23(17-29)18-5-6-18/h7-8,15-16,18,21-23H,1-6,9-14H2,(H,30,35)(H,31,34). The Kier molecular flexibility index (Phi) is 7.80. The maximum atomic E-state index is 13.6. The normalized spacial score (nSPS) is 23.7. The number of rotatable bonds is 8. The molecule has 3 fully saturated rings. The maximum Gasteiger partial charge on any atom is 0.268 e. The Morgan fingerprint density at radius 3 is 2.64 bits per heavy atom. The molecule has 2 amide bonds. The molecule has 8 nitrogen and oxygen atoms in total. The fourth-order valence-corrected chi connectivity index (χ4v) is 5.69. The number of nitrogens with one attached hydrogen (secondary N) is 2. The van der Waals surface area contributed by atoms with Gasteiger partial charge in [0.25, 0.3) is 5.91 Å². The first-order chi connectivity index (χ1) is 17.5. The van der Waals surface area contributed by atoms with Crippen LogP contribution in [0.3, 0.4) is 0 Å². The molecule has 0 bridgehead atoms. The first kappa shape index (κ1) is 25.1. The number of fused-ring (bicyclic) bond motifs is 1. The molecule has 1 aromatic heterocycles. The molecule has 1 aliphatic heterocycles. The van der Waals surface area contributed by atoms with Crippen LogP contribution in [0.5, 0.6) is 0 Å². The summed E-state index contributed by atoms with van der Waals surface area (Å²) >= 11 is 6.31. The van der Waals surface area contributed by atoms with E-state index >= 15 is 0 Å². The molecule has 36 heavy (non-hydrogen) atoms. The zero-order valence-electron chi connectivity index (χ0n) is 20.5. The van der Waals surface area contributed by atoms with Crippen molar-refractivity contribution < 1.29 is 14.3 Å². The average Bonchev–Trinajstić information content (AvgIpc) is 3.68. The molecule has 9 heteroatoms. The number of hydrogen-bond acceptors (Lipinski definition) is 5. The van der Waals surface area contributed by atoms with E-state index in [1.807, 2.05) is 28.8 Å². The van der Waals surface area contributed by atoms with Crippen LogP contribution in [0.25, 0.3) is 10.9 Å². The van der Waals surface area contributed by atoms with Crippen molar-refractivity contribution in [2.75, 3.05) is 32.8 Å². The van der Waals surface area contributed by atoms with E-state index in [9.17, 15) is 14.9 Å². The summed E-state index contributed by atoms with van der Waals surface area (Å²) < 4.78 is 7.51. The van der Waals surface area contributed by atoms with Crippen LogP contribution in [0.1, 0.15) is 49.0 Å². The van der Waals surface area contributed by atoms with Gasteiger partial charge in [-0.3, -0.25) is 14.5 Å². The molecule has 3 aliphatic rings. The highest BCUT2D eigenvalue weighted by Gasteiger charge is 2.37. The molecular weight excluding hydrogens is 478 g/mol. The molecule has 2 N–H and O–H groups in total. The second-order valence-corrected chi connectivity index (χ2v) is 10.7. The predicted molar refractivity (Wildman–Crippen MR) is 138 cm³/mol. The Labute approximate surface area is 216 Å². The second-order valence-electron chi connectivity index (χ2n) is 10.3. The lowest BCUT2D eigenvalue weighted by atomic mass is 9.83. The van der Waals surface area contributed by atoms with E-state index in [0.29, 0.717) is 17.3 Å². The molecule has 0 radical (unpaired) electrons. The van der Waals surface area contributed by atoms with Gasteiger partial charge in [-0.15, -0.1) is 0 Å². The van der Waals surface area contributed by atoms with E-state index in [2.05, 4.69) is 21.6 Å². The monoisotopic (exact) mass is 511 g/mol. The van der Waals surface area contributed by atoms with Crippen molar-refractivity contribution in [1.82, 2.24) is 20.1 Å². The SMILES string of the molecule is N#CC(NC(=O)C1CCCCC1NC(=O)c1cc2ccc(Cl)cc2n1CCN1CCOCC1)C1CC1. The van der Waals surface area contributed by atoms with Gasteiger partial charge in [-0.25, -0.2) is 0 Å². The van der Waals surface area contributed by atoms with Gasteiger partial charge >= 0.3 is 0 Å². The molecule has 3 unspecified atom stereocenters. The van der Waals surface area contributed by atoms with Gasteiger partial charge in [-0.05, 0) is 49.8 Å². The van der Waals surface area contributed by atoms with Crippen molar-refractivity contribution in [3.05, 3.63) is 35.0 Å². The van der Waals surface area contributed by atoms with Crippen molar-refractivity contribution in [3.63, 3.8) is 0 Å². The van der Waals surface area contributed by atoms with Crippen LogP contribution in [-0.4, -0.2) is 66.2 Å². The number of hydrogen-bond donors (Lipinski definition) is 2. The number of nitrogens with zero attached hydrogens (tertiary/aromatic N) is 3. The van der Waals surface area contributed by atoms with Gasteiger partial charge in [0.1, 0.15) is 11.7 Å². The van der Waals surface area contributed by atoms with Crippen LogP contribution in [-0.2, 0) is 16.1 Å². The second kappa shape index (κ2) is 11.2. The Hall–Kier alpha value is -2.60. The molecule has 0 spiro atoms. The van der Waals surface area contributed by atoms with Crippen molar-refractivity contribution in [2.45, 2.75) is 57.2 Å². The summed E-state index contributed by atoms with van der Waals surface area (Å²) in [5.41, 5.74) is 1.51. The third-order valence-corrected chi connectivity index (χ3v) is 8.03. The maximum absolute atomic E-state index is 13.6. The van der Waals surface area contributed by atoms with Gasteiger partial charge < -0.3 is 19.9 Å². The van der Waals surface area contributed by atoms with Gasteiger partial charge in [0.05, 0.1) is 30.7 Å². The van der Waals surface area contributed by atoms with Crippen molar-refractivity contribution >= 4 is 34.3 Å². The number of carbonyl (C=O) groups is 2. The summed E-state index contributed by atoms with van der Waals surface area (Å²) in [4.78, 5) is 29.1. The first-order valence-electron chi connectivity index (χ1n) is 13.1. The third kappa shape index (κ3) is 5.69. The van der Waals surface area contributed by atoms with E-state index in [-0.39, 0.29) is 29.7 Å². The summed E-state index contributed by atoms with van der Waals surface area (Å²) in [5, 5.41) is 17.2. The molecule has 1 aromatic carbocycles. The van der Waals surface area contributed by atoms with Crippen LogP contribution in [0.2, 0.25) is 5.02 Å². The lowest BCUT2D eigenvalue weighted by Gasteiger charge is -2.32. The first-order valence-corrected chi connectivity index (χ1v) is 13.5. The van der Waals surface area contributed by atoms with Gasteiger partial charge in [-0.2, -0.15) is 5.26 Å². The van der Waals surface area contributed by atoms with Crippen LogP contribution >= 0.6 is 11.6 Å². The highest BCUT2D eigenvalue weighted by atomic mass is 35.5. The Balaban J connectivity index is 1.33. The highest BCUT2D eigenvalue weighted by molar-refractivity contribution is 6.31. The molecule has 2 heterocycles. The molecule has 2 aromatic rings. The lowest BCUT2D eigenvalue weighted by molar-refractivity contribution is -0.127. The minimum atomic E-state index is -0.428. The summed E-state index contributed by atoms with van der Waals surface area (Å²) in [6.07, 6.45) is 5.36. The largest absolute Gasteiger partial charge is 0.379 e.